The van der Waals surface area contributed by atoms with Crippen molar-refractivity contribution in [2.75, 3.05) is 12.3 Å². The van der Waals surface area contributed by atoms with Crippen molar-refractivity contribution in [1.29, 1.82) is 0 Å². The van der Waals surface area contributed by atoms with E-state index in [1.165, 1.54) is 0 Å². The molecule has 1 fully saturated rings. The van der Waals surface area contributed by atoms with Crippen LogP contribution in [0.3, 0.4) is 0 Å². The second-order valence-corrected chi connectivity index (χ2v) is 5.60. The molecular formula is C15H22N2O. The first-order chi connectivity index (χ1) is 8.50. The number of anilines is 1. The molecule has 1 amide bonds. The molecule has 2 rings (SSSR count). The molecule has 3 nitrogen and oxygen atoms in total. The van der Waals surface area contributed by atoms with Crippen molar-refractivity contribution >= 4 is 11.6 Å². The quantitative estimate of drug-likeness (QED) is 0.830. The molecule has 1 aromatic carbocycles. The lowest BCUT2D eigenvalue weighted by Crippen LogP contribution is -2.36. The Morgan fingerprint density at radius 3 is 2.67 bits per heavy atom. The number of amides is 1. The lowest BCUT2D eigenvalue weighted by Gasteiger charge is -2.25. The number of carbonyl (C=O) groups excluding carboxylic acids is 1. The summed E-state index contributed by atoms with van der Waals surface area (Å²) in [6.07, 6.45) is 2.28. The van der Waals surface area contributed by atoms with Crippen molar-refractivity contribution in [3.63, 3.8) is 0 Å². The first kappa shape index (κ1) is 12.9. The van der Waals surface area contributed by atoms with E-state index in [-0.39, 0.29) is 5.91 Å². The summed E-state index contributed by atoms with van der Waals surface area (Å²) in [7, 11) is 0. The van der Waals surface area contributed by atoms with Gasteiger partial charge in [0.2, 0.25) is 0 Å². The Morgan fingerprint density at radius 1 is 1.44 bits per heavy atom. The molecule has 2 N–H and O–H groups in total. The molecule has 0 bridgehead atoms. The van der Waals surface area contributed by atoms with Gasteiger partial charge in [0.15, 0.2) is 0 Å². The Hall–Kier alpha value is -1.51. The van der Waals surface area contributed by atoms with Crippen molar-refractivity contribution in [2.24, 2.45) is 5.92 Å². The minimum absolute atomic E-state index is 0.135. The highest BCUT2D eigenvalue weighted by molar-refractivity contribution is 5.97. The van der Waals surface area contributed by atoms with Crippen LogP contribution >= 0.6 is 0 Å². The smallest absolute Gasteiger partial charge is 0.254 e. The van der Waals surface area contributed by atoms with E-state index in [0.29, 0.717) is 17.6 Å². The van der Waals surface area contributed by atoms with Crippen LogP contribution in [0.1, 0.15) is 42.6 Å². The number of benzene rings is 1. The fourth-order valence-corrected chi connectivity index (χ4v) is 2.22. The summed E-state index contributed by atoms with van der Waals surface area (Å²) in [5.74, 6) is 0.631. The number of hydrogen-bond acceptors (Lipinski definition) is 2. The van der Waals surface area contributed by atoms with Gasteiger partial charge in [0, 0.05) is 23.8 Å². The van der Waals surface area contributed by atoms with Gasteiger partial charge in [-0.2, -0.15) is 0 Å². The van der Waals surface area contributed by atoms with Crippen molar-refractivity contribution in [3.8, 4) is 0 Å². The van der Waals surface area contributed by atoms with E-state index in [1.807, 2.05) is 30.0 Å². The van der Waals surface area contributed by atoms with E-state index < -0.39 is 0 Å². The zero-order chi connectivity index (χ0) is 13.3. The Morgan fingerprint density at radius 2 is 2.11 bits per heavy atom. The molecule has 0 unspecified atom stereocenters. The molecular weight excluding hydrogens is 224 g/mol. The standard InChI is InChI=1S/C15H22N2O/c1-10(2)9-17(12-7-8-12)15(18)13-5-4-6-14(16)11(13)3/h4-6,10,12H,7-9,16H2,1-3H3. The third kappa shape index (κ3) is 2.66. The number of nitrogens with two attached hydrogens (primary N) is 1. The zero-order valence-corrected chi connectivity index (χ0v) is 11.4. The summed E-state index contributed by atoms with van der Waals surface area (Å²) in [5.41, 5.74) is 8.23. The highest BCUT2D eigenvalue weighted by atomic mass is 16.2. The first-order valence-electron chi connectivity index (χ1n) is 6.66. The number of nitrogens with zero attached hydrogens (tertiary/aromatic N) is 1. The third-order valence-electron chi connectivity index (χ3n) is 3.42. The molecule has 0 heterocycles. The van der Waals surface area contributed by atoms with E-state index in [2.05, 4.69) is 13.8 Å². The fourth-order valence-electron chi connectivity index (χ4n) is 2.22. The Labute approximate surface area is 109 Å². The normalized spacial score (nSPS) is 14.9. The Kier molecular flexibility index (Phi) is 3.60. The van der Waals surface area contributed by atoms with Crippen molar-refractivity contribution in [3.05, 3.63) is 29.3 Å². The second-order valence-electron chi connectivity index (χ2n) is 5.60. The minimum Gasteiger partial charge on any atom is -0.398 e. The van der Waals surface area contributed by atoms with Crippen LogP contribution in [0, 0.1) is 12.8 Å². The maximum atomic E-state index is 12.6. The lowest BCUT2D eigenvalue weighted by molar-refractivity contribution is 0.0722. The van der Waals surface area contributed by atoms with E-state index in [1.54, 1.807) is 0 Å². The SMILES string of the molecule is Cc1c(N)cccc1C(=O)N(CC(C)C)C1CC1. The molecule has 0 atom stereocenters. The van der Waals surface area contributed by atoms with Gasteiger partial charge in [0.05, 0.1) is 0 Å². The lowest BCUT2D eigenvalue weighted by atomic mass is 10.0. The number of rotatable bonds is 4. The molecule has 1 aliphatic carbocycles. The summed E-state index contributed by atoms with van der Waals surface area (Å²) in [4.78, 5) is 14.6. The summed E-state index contributed by atoms with van der Waals surface area (Å²) < 4.78 is 0. The van der Waals surface area contributed by atoms with Crippen LogP contribution in [0.4, 0.5) is 5.69 Å². The molecule has 0 saturated heterocycles. The van der Waals surface area contributed by atoms with Crippen molar-refractivity contribution < 1.29 is 4.79 Å². The predicted molar refractivity (Wildman–Crippen MR) is 74.5 cm³/mol. The third-order valence-corrected chi connectivity index (χ3v) is 3.42. The van der Waals surface area contributed by atoms with Gasteiger partial charge in [0.1, 0.15) is 0 Å². The minimum atomic E-state index is 0.135. The van der Waals surface area contributed by atoms with Gasteiger partial charge in [0.25, 0.3) is 5.91 Å². The molecule has 0 spiro atoms. The summed E-state index contributed by atoms with van der Waals surface area (Å²) in [6.45, 7) is 7.05. The van der Waals surface area contributed by atoms with Gasteiger partial charge in [-0.15, -0.1) is 0 Å². The van der Waals surface area contributed by atoms with Gasteiger partial charge >= 0.3 is 0 Å². The first-order valence-corrected chi connectivity index (χ1v) is 6.66. The maximum Gasteiger partial charge on any atom is 0.254 e. The molecule has 18 heavy (non-hydrogen) atoms. The van der Waals surface area contributed by atoms with Crippen LogP contribution in [0.25, 0.3) is 0 Å². The molecule has 0 aliphatic heterocycles. The molecule has 0 radical (unpaired) electrons. The zero-order valence-electron chi connectivity index (χ0n) is 11.4. The summed E-state index contributed by atoms with van der Waals surface area (Å²) in [5, 5.41) is 0. The molecule has 98 valence electrons. The van der Waals surface area contributed by atoms with Crippen LogP contribution in [0.15, 0.2) is 18.2 Å². The summed E-state index contributed by atoms with van der Waals surface area (Å²) in [6, 6.07) is 6.02. The number of nitrogen functional groups attached to an aromatic ring is 1. The monoisotopic (exact) mass is 246 g/mol. The van der Waals surface area contributed by atoms with Crippen molar-refractivity contribution in [2.45, 2.75) is 39.7 Å². The van der Waals surface area contributed by atoms with E-state index in [4.69, 9.17) is 5.73 Å². The highest BCUT2D eigenvalue weighted by Crippen LogP contribution is 2.30. The average Bonchev–Trinajstić information content (AvgIpc) is 3.12. The van der Waals surface area contributed by atoms with Crippen LogP contribution < -0.4 is 5.73 Å². The van der Waals surface area contributed by atoms with Crippen molar-refractivity contribution in [1.82, 2.24) is 4.90 Å². The predicted octanol–water partition coefficient (Wildman–Crippen LogP) is 2.84. The summed E-state index contributed by atoms with van der Waals surface area (Å²) >= 11 is 0. The Bertz CT molecular complexity index is 450. The average molecular weight is 246 g/mol. The van der Waals surface area contributed by atoms with Gasteiger partial charge in [-0.25, -0.2) is 0 Å². The van der Waals surface area contributed by atoms with Crippen LogP contribution in [0.5, 0.6) is 0 Å². The van der Waals surface area contributed by atoms with E-state index in [0.717, 1.165) is 30.5 Å². The maximum absolute atomic E-state index is 12.6. The van der Waals surface area contributed by atoms with E-state index >= 15 is 0 Å². The molecule has 1 saturated carbocycles. The Balaban J connectivity index is 2.25. The topological polar surface area (TPSA) is 46.3 Å². The van der Waals surface area contributed by atoms with Crippen LogP contribution in [0.2, 0.25) is 0 Å². The van der Waals surface area contributed by atoms with Crippen LogP contribution in [-0.4, -0.2) is 23.4 Å². The van der Waals surface area contributed by atoms with Gasteiger partial charge in [-0.05, 0) is 43.4 Å². The molecule has 1 aromatic rings. The van der Waals surface area contributed by atoms with Gasteiger partial charge in [-0.1, -0.05) is 19.9 Å². The highest BCUT2D eigenvalue weighted by Gasteiger charge is 2.33. The molecule has 3 heteroatoms. The van der Waals surface area contributed by atoms with Gasteiger partial charge in [-0.3, -0.25) is 4.79 Å². The number of hydrogen-bond donors (Lipinski definition) is 1. The van der Waals surface area contributed by atoms with Crippen LogP contribution in [-0.2, 0) is 0 Å². The van der Waals surface area contributed by atoms with Gasteiger partial charge < -0.3 is 10.6 Å². The molecule has 1 aliphatic rings. The second kappa shape index (κ2) is 5.01. The number of carbonyl (C=O) groups is 1. The molecule has 0 aromatic heterocycles. The largest absolute Gasteiger partial charge is 0.398 e. The van der Waals surface area contributed by atoms with E-state index in [9.17, 15) is 4.79 Å². The fraction of sp³-hybridized carbons (Fsp3) is 0.533.